The normalized spacial score (nSPS) is 12.3. The van der Waals surface area contributed by atoms with Gasteiger partial charge in [-0.3, -0.25) is 4.79 Å². The van der Waals surface area contributed by atoms with Crippen LogP contribution in [-0.4, -0.2) is 42.5 Å². The fraction of sp³-hybridized carbons (Fsp3) is 0.316. The number of nitrogens with one attached hydrogen (secondary N) is 1. The topological polar surface area (TPSA) is 81.3 Å². The highest BCUT2D eigenvalue weighted by Crippen LogP contribution is 2.26. The molecule has 136 valence electrons. The van der Waals surface area contributed by atoms with Crippen molar-refractivity contribution in [3.8, 4) is 0 Å². The predicted octanol–water partition coefficient (Wildman–Crippen LogP) is 3.78. The van der Waals surface area contributed by atoms with E-state index in [1.54, 1.807) is 31.5 Å². The lowest BCUT2D eigenvalue weighted by Gasteiger charge is -2.06. The zero-order valence-corrected chi connectivity index (χ0v) is 15.7. The smallest absolute Gasteiger partial charge is 0.337 e. The average Bonchev–Trinajstić information content (AvgIpc) is 3.31. The fourth-order valence-corrected chi connectivity index (χ4v) is 3.62. The Hall–Kier alpha value is -2.51. The van der Waals surface area contributed by atoms with E-state index in [1.807, 2.05) is 5.38 Å². The molecule has 2 aromatic heterocycles. The number of carbonyl (C=O) groups excluding carboxylic acids is 2. The van der Waals surface area contributed by atoms with Gasteiger partial charge in [-0.25, -0.2) is 9.78 Å². The van der Waals surface area contributed by atoms with E-state index < -0.39 is 5.97 Å². The summed E-state index contributed by atoms with van der Waals surface area (Å²) in [6.07, 6.45) is 2.51. The summed E-state index contributed by atoms with van der Waals surface area (Å²) in [7, 11) is 3.00. The maximum atomic E-state index is 12.9. The van der Waals surface area contributed by atoms with Crippen LogP contribution in [0.2, 0.25) is 0 Å². The van der Waals surface area contributed by atoms with E-state index in [0.29, 0.717) is 28.1 Å². The predicted molar refractivity (Wildman–Crippen MR) is 100 cm³/mol. The van der Waals surface area contributed by atoms with Gasteiger partial charge in [-0.1, -0.05) is 6.92 Å². The number of rotatable bonds is 7. The molecule has 6 nitrogen and oxygen atoms in total. The number of aromatic nitrogens is 2. The van der Waals surface area contributed by atoms with Gasteiger partial charge < -0.3 is 14.5 Å². The van der Waals surface area contributed by atoms with Gasteiger partial charge in [0, 0.05) is 42.1 Å². The molecule has 3 aromatic rings. The Labute approximate surface area is 155 Å². The van der Waals surface area contributed by atoms with Crippen molar-refractivity contribution in [2.45, 2.75) is 19.3 Å². The van der Waals surface area contributed by atoms with E-state index in [0.717, 1.165) is 17.6 Å². The molecule has 0 fully saturated rings. The Balaban J connectivity index is 1.90. The molecular weight excluding hydrogens is 352 g/mol. The first-order valence-corrected chi connectivity index (χ1v) is 9.11. The Morgan fingerprint density at radius 2 is 2.12 bits per heavy atom. The first kappa shape index (κ1) is 18.3. The van der Waals surface area contributed by atoms with Crippen LogP contribution in [0.15, 0.2) is 29.8 Å². The van der Waals surface area contributed by atoms with E-state index in [1.165, 1.54) is 18.4 Å². The van der Waals surface area contributed by atoms with Crippen LogP contribution < -0.4 is 0 Å². The zero-order valence-electron chi connectivity index (χ0n) is 14.9. The van der Waals surface area contributed by atoms with Crippen LogP contribution >= 0.6 is 11.3 Å². The molecular formula is C19H20N2O4S. The number of carbonyl (C=O) groups is 2. The summed E-state index contributed by atoms with van der Waals surface area (Å²) in [5.74, 6) is -0.370. The van der Waals surface area contributed by atoms with Gasteiger partial charge in [-0.05, 0) is 24.6 Å². The summed E-state index contributed by atoms with van der Waals surface area (Å²) >= 11 is 1.33. The third-order valence-corrected chi connectivity index (χ3v) is 5.18. The molecule has 0 aliphatic heterocycles. The molecule has 26 heavy (non-hydrogen) atoms. The second kappa shape index (κ2) is 7.80. The van der Waals surface area contributed by atoms with Crippen LogP contribution in [0.5, 0.6) is 0 Å². The standard InChI is InChI=1S/C19H20N2O4S/c1-11(6-7-24-2)16-10-26-18(21-16)17(22)14-9-20-15-5-4-12(8-13(14)15)19(23)25-3/h4-5,8-11,20H,6-7H2,1-3H3. The second-order valence-electron chi connectivity index (χ2n) is 6.04. The molecule has 2 heterocycles. The third-order valence-electron chi connectivity index (χ3n) is 4.32. The molecule has 0 spiro atoms. The van der Waals surface area contributed by atoms with E-state index >= 15 is 0 Å². The van der Waals surface area contributed by atoms with Crippen molar-refractivity contribution in [3.63, 3.8) is 0 Å². The van der Waals surface area contributed by atoms with Crippen molar-refractivity contribution in [2.75, 3.05) is 20.8 Å². The van der Waals surface area contributed by atoms with Crippen molar-refractivity contribution < 1.29 is 19.1 Å². The highest BCUT2D eigenvalue weighted by molar-refractivity contribution is 7.12. The number of ketones is 1. The van der Waals surface area contributed by atoms with Crippen LogP contribution in [0.3, 0.4) is 0 Å². The van der Waals surface area contributed by atoms with Crippen LogP contribution in [0.4, 0.5) is 0 Å². The van der Waals surface area contributed by atoms with E-state index in [2.05, 4.69) is 16.9 Å². The number of aromatic amines is 1. The van der Waals surface area contributed by atoms with Crippen LogP contribution in [-0.2, 0) is 9.47 Å². The second-order valence-corrected chi connectivity index (χ2v) is 6.90. The number of fused-ring (bicyclic) bond motifs is 1. The summed E-state index contributed by atoms with van der Waals surface area (Å²) in [6, 6.07) is 5.09. The van der Waals surface area contributed by atoms with Crippen LogP contribution in [0.25, 0.3) is 10.9 Å². The van der Waals surface area contributed by atoms with E-state index in [9.17, 15) is 9.59 Å². The molecule has 0 amide bonds. The summed E-state index contributed by atoms with van der Waals surface area (Å²) < 4.78 is 9.86. The molecule has 0 bridgehead atoms. The lowest BCUT2D eigenvalue weighted by molar-refractivity contribution is 0.0600. The number of thiazole rings is 1. The number of H-pyrrole nitrogens is 1. The van der Waals surface area contributed by atoms with Crippen molar-refractivity contribution >= 4 is 34.0 Å². The molecule has 0 radical (unpaired) electrons. The van der Waals surface area contributed by atoms with Gasteiger partial charge in [-0.2, -0.15) is 0 Å². The monoisotopic (exact) mass is 372 g/mol. The van der Waals surface area contributed by atoms with Crippen molar-refractivity contribution in [1.29, 1.82) is 0 Å². The molecule has 0 saturated heterocycles. The summed E-state index contributed by atoms with van der Waals surface area (Å²) in [4.78, 5) is 32.2. The van der Waals surface area contributed by atoms with Gasteiger partial charge in [-0.15, -0.1) is 11.3 Å². The maximum absolute atomic E-state index is 12.9. The first-order valence-electron chi connectivity index (χ1n) is 8.23. The molecule has 1 unspecified atom stereocenters. The number of nitrogens with zero attached hydrogens (tertiary/aromatic N) is 1. The lowest BCUT2D eigenvalue weighted by atomic mass is 10.1. The Morgan fingerprint density at radius 1 is 1.31 bits per heavy atom. The minimum Gasteiger partial charge on any atom is -0.465 e. The van der Waals surface area contributed by atoms with Crippen molar-refractivity contribution in [2.24, 2.45) is 0 Å². The van der Waals surface area contributed by atoms with E-state index in [-0.39, 0.29) is 11.7 Å². The quantitative estimate of drug-likeness (QED) is 0.504. The number of ether oxygens (including phenoxy) is 2. The highest BCUT2D eigenvalue weighted by Gasteiger charge is 2.20. The summed E-state index contributed by atoms with van der Waals surface area (Å²) in [6.45, 7) is 2.72. The van der Waals surface area contributed by atoms with Gasteiger partial charge in [0.2, 0.25) is 5.78 Å². The number of hydrogen-bond donors (Lipinski definition) is 1. The number of benzene rings is 1. The number of methoxy groups -OCH3 is 2. The molecule has 0 aliphatic carbocycles. The molecule has 3 rings (SSSR count). The molecule has 1 atom stereocenters. The van der Waals surface area contributed by atoms with Crippen molar-refractivity contribution in [1.82, 2.24) is 9.97 Å². The van der Waals surface area contributed by atoms with Crippen LogP contribution in [0.1, 0.15) is 50.7 Å². The van der Waals surface area contributed by atoms with Crippen LogP contribution in [0, 0.1) is 0 Å². The summed E-state index contributed by atoms with van der Waals surface area (Å²) in [5, 5.41) is 3.04. The van der Waals surface area contributed by atoms with Gasteiger partial charge >= 0.3 is 5.97 Å². The number of esters is 1. The highest BCUT2D eigenvalue weighted by atomic mass is 32.1. The molecule has 0 saturated carbocycles. The average molecular weight is 372 g/mol. The molecule has 1 N–H and O–H groups in total. The largest absolute Gasteiger partial charge is 0.465 e. The summed E-state index contributed by atoms with van der Waals surface area (Å²) in [5.41, 5.74) is 2.58. The fourth-order valence-electron chi connectivity index (χ4n) is 2.73. The third kappa shape index (κ3) is 3.54. The van der Waals surface area contributed by atoms with Gasteiger partial charge in [0.25, 0.3) is 0 Å². The zero-order chi connectivity index (χ0) is 18.7. The Morgan fingerprint density at radius 3 is 2.85 bits per heavy atom. The van der Waals surface area contributed by atoms with Gasteiger partial charge in [0.05, 0.1) is 23.9 Å². The molecule has 1 aromatic carbocycles. The minimum absolute atomic E-state index is 0.159. The Kier molecular flexibility index (Phi) is 5.49. The van der Waals surface area contributed by atoms with Gasteiger partial charge in [0.15, 0.2) is 5.01 Å². The lowest BCUT2D eigenvalue weighted by Crippen LogP contribution is -2.04. The molecule has 7 heteroatoms. The maximum Gasteiger partial charge on any atom is 0.337 e. The molecule has 0 aliphatic rings. The number of hydrogen-bond acceptors (Lipinski definition) is 6. The first-order chi connectivity index (χ1) is 12.5. The van der Waals surface area contributed by atoms with Gasteiger partial charge in [0.1, 0.15) is 0 Å². The Bertz CT molecular complexity index is 944. The van der Waals surface area contributed by atoms with Crippen molar-refractivity contribution in [3.05, 3.63) is 51.6 Å². The minimum atomic E-state index is -0.435. The SMILES string of the molecule is COCCC(C)c1csc(C(=O)c2c[nH]c3ccc(C(=O)OC)cc23)n1. The van der Waals surface area contributed by atoms with E-state index in [4.69, 9.17) is 9.47 Å².